The maximum absolute atomic E-state index is 12.9. The van der Waals surface area contributed by atoms with Crippen LogP contribution in [0.1, 0.15) is 16.8 Å². The predicted octanol–water partition coefficient (Wildman–Crippen LogP) is 4.58. The third-order valence-corrected chi connectivity index (χ3v) is 8.56. The first-order valence-corrected chi connectivity index (χ1v) is 14.8. The molecule has 0 atom stereocenters. The number of rotatable bonds is 9. The van der Waals surface area contributed by atoms with E-state index in [1.54, 1.807) is 23.5 Å². The predicted molar refractivity (Wildman–Crippen MR) is 144 cm³/mol. The third kappa shape index (κ3) is 6.63. The molecule has 8 heteroatoms. The summed E-state index contributed by atoms with van der Waals surface area (Å²) >= 11 is 5.22. The van der Waals surface area contributed by atoms with Gasteiger partial charge in [0, 0.05) is 67.5 Å². The molecule has 3 heterocycles. The molecule has 0 amide bonds. The van der Waals surface area contributed by atoms with Gasteiger partial charge in [0.2, 0.25) is 0 Å². The first kappa shape index (κ1) is 24.8. The normalized spacial score (nSPS) is 16.6. The highest BCUT2D eigenvalue weighted by Crippen LogP contribution is 2.30. The molecule has 0 unspecified atom stereocenters. The van der Waals surface area contributed by atoms with Crippen LogP contribution >= 0.6 is 35.3 Å². The highest BCUT2D eigenvalue weighted by atomic mass is 32.2. The zero-order valence-electron chi connectivity index (χ0n) is 19.7. The van der Waals surface area contributed by atoms with Crippen molar-refractivity contribution in [3.05, 3.63) is 47.2 Å². The molecule has 1 saturated heterocycles. The highest BCUT2D eigenvalue weighted by Gasteiger charge is 2.21. The molecule has 33 heavy (non-hydrogen) atoms. The summed E-state index contributed by atoms with van der Waals surface area (Å²) in [7, 11) is 0. The van der Waals surface area contributed by atoms with E-state index in [0.29, 0.717) is 13.0 Å². The van der Waals surface area contributed by atoms with E-state index < -0.39 is 0 Å². The maximum Gasteiger partial charge on any atom is 0.151 e. The zero-order chi connectivity index (χ0) is 23.2. The Bertz CT molecular complexity index is 993. The van der Waals surface area contributed by atoms with Gasteiger partial charge in [-0.05, 0) is 37.1 Å². The number of aromatic nitrogens is 1. The van der Waals surface area contributed by atoms with Crippen LogP contribution in [-0.4, -0.2) is 83.1 Å². The standard InChI is InChI=1S/C25H32N4OS3/c1-18-14-23(31-2)21(25(26-18)32-3)16-20(30)17-29-10-8-28(9-11-29)12-13-33-24-15-19-6-4-5-7-22(19)27-24/h4-7,14H,8-13,15-17H2,1-3H3. The van der Waals surface area contributed by atoms with E-state index in [9.17, 15) is 4.79 Å². The molecule has 0 N–H and O–H groups in total. The number of carbonyl (C=O) groups excluding carboxylic acids is 1. The van der Waals surface area contributed by atoms with Gasteiger partial charge in [-0.3, -0.25) is 14.6 Å². The number of aliphatic imine (C=N–C) groups is 1. The Morgan fingerprint density at radius 1 is 1.06 bits per heavy atom. The summed E-state index contributed by atoms with van der Waals surface area (Å²) in [5, 5.41) is 2.23. The molecule has 0 spiro atoms. The van der Waals surface area contributed by atoms with Crippen LogP contribution in [0.15, 0.2) is 45.2 Å². The summed E-state index contributed by atoms with van der Waals surface area (Å²) < 4.78 is 0. The van der Waals surface area contributed by atoms with Crippen LogP contribution in [0.5, 0.6) is 0 Å². The fourth-order valence-corrected chi connectivity index (χ4v) is 6.75. The molecule has 0 radical (unpaired) electrons. The molecule has 0 aliphatic carbocycles. The summed E-state index contributed by atoms with van der Waals surface area (Å²) in [6.45, 7) is 7.60. The lowest BCUT2D eigenvalue weighted by Crippen LogP contribution is -2.48. The van der Waals surface area contributed by atoms with Crippen LogP contribution in [0.2, 0.25) is 0 Å². The molecule has 176 valence electrons. The quantitative estimate of drug-likeness (QED) is 0.467. The Balaban J connectivity index is 1.19. The number of pyridine rings is 1. The fraction of sp³-hybridized carbons (Fsp3) is 0.480. The third-order valence-electron chi connectivity index (χ3n) is 6.08. The fourth-order valence-electron chi connectivity index (χ4n) is 4.31. The van der Waals surface area contributed by atoms with Gasteiger partial charge in [0.25, 0.3) is 0 Å². The van der Waals surface area contributed by atoms with Crippen molar-refractivity contribution in [1.29, 1.82) is 0 Å². The second kappa shape index (κ2) is 11.9. The molecule has 5 nitrogen and oxygen atoms in total. The van der Waals surface area contributed by atoms with Crippen molar-refractivity contribution in [1.82, 2.24) is 14.8 Å². The van der Waals surface area contributed by atoms with Crippen molar-refractivity contribution in [2.75, 3.05) is 57.5 Å². The molecule has 1 fully saturated rings. The van der Waals surface area contributed by atoms with Crippen LogP contribution in [0, 0.1) is 6.92 Å². The minimum Gasteiger partial charge on any atom is -0.300 e. The number of ketones is 1. The second-order valence-electron chi connectivity index (χ2n) is 8.45. The van der Waals surface area contributed by atoms with E-state index in [2.05, 4.69) is 51.4 Å². The number of carbonyl (C=O) groups is 1. The van der Waals surface area contributed by atoms with E-state index >= 15 is 0 Å². The summed E-state index contributed by atoms with van der Waals surface area (Å²) in [6, 6.07) is 10.5. The van der Waals surface area contributed by atoms with Gasteiger partial charge < -0.3 is 0 Å². The number of thioether (sulfide) groups is 3. The molecule has 2 aromatic rings. The van der Waals surface area contributed by atoms with Crippen molar-refractivity contribution in [3.8, 4) is 0 Å². The summed E-state index contributed by atoms with van der Waals surface area (Å²) in [5.74, 6) is 1.36. The van der Waals surface area contributed by atoms with E-state index in [-0.39, 0.29) is 5.78 Å². The lowest BCUT2D eigenvalue weighted by atomic mass is 10.1. The second-order valence-corrected chi connectivity index (χ2v) is 11.3. The van der Waals surface area contributed by atoms with Gasteiger partial charge in [-0.1, -0.05) is 18.2 Å². The van der Waals surface area contributed by atoms with Gasteiger partial charge in [-0.25, -0.2) is 9.98 Å². The number of fused-ring (bicyclic) bond motifs is 1. The molecule has 4 rings (SSSR count). The molecule has 0 bridgehead atoms. The first-order valence-electron chi connectivity index (χ1n) is 11.4. The number of nitrogens with zero attached hydrogens (tertiary/aromatic N) is 4. The molecule has 2 aliphatic rings. The van der Waals surface area contributed by atoms with Crippen molar-refractivity contribution >= 4 is 51.8 Å². The number of benzene rings is 1. The Labute approximate surface area is 210 Å². The number of hydrogen-bond donors (Lipinski definition) is 0. The average molecular weight is 501 g/mol. The molecular formula is C25H32N4OS3. The van der Waals surface area contributed by atoms with Crippen molar-refractivity contribution in [2.24, 2.45) is 4.99 Å². The van der Waals surface area contributed by atoms with Gasteiger partial charge in [0.15, 0.2) is 5.78 Å². The number of piperazine rings is 1. The van der Waals surface area contributed by atoms with E-state index in [1.165, 1.54) is 15.5 Å². The van der Waals surface area contributed by atoms with Crippen LogP contribution in [0.25, 0.3) is 0 Å². The smallest absolute Gasteiger partial charge is 0.151 e. The number of hydrogen-bond acceptors (Lipinski definition) is 8. The minimum absolute atomic E-state index is 0.286. The van der Waals surface area contributed by atoms with Crippen molar-refractivity contribution < 1.29 is 4.79 Å². The van der Waals surface area contributed by atoms with Crippen LogP contribution in [0.4, 0.5) is 5.69 Å². The highest BCUT2D eigenvalue weighted by molar-refractivity contribution is 8.14. The lowest BCUT2D eigenvalue weighted by Gasteiger charge is -2.34. The van der Waals surface area contributed by atoms with Crippen LogP contribution in [0.3, 0.4) is 0 Å². The molecule has 2 aliphatic heterocycles. The van der Waals surface area contributed by atoms with E-state index in [1.807, 2.05) is 24.9 Å². The summed E-state index contributed by atoms with van der Waals surface area (Å²) in [4.78, 5) is 28.3. The Hall–Kier alpha value is -1.32. The summed E-state index contributed by atoms with van der Waals surface area (Å²) in [6.07, 6.45) is 5.56. The lowest BCUT2D eigenvalue weighted by molar-refractivity contribution is -0.120. The number of Topliss-reactive ketones (excluding diaryl/α,β-unsaturated/α-hetero) is 1. The molecular weight excluding hydrogens is 469 g/mol. The largest absolute Gasteiger partial charge is 0.300 e. The van der Waals surface area contributed by atoms with Gasteiger partial charge in [0.1, 0.15) is 5.03 Å². The van der Waals surface area contributed by atoms with E-state index in [4.69, 9.17) is 4.99 Å². The Kier molecular flexibility index (Phi) is 8.93. The zero-order valence-corrected chi connectivity index (χ0v) is 22.1. The van der Waals surface area contributed by atoms with Gasteiger partial charge in [0.05, 0.1) is 17.3 Å². The Morgan fingerprint density at radius 3 is 2.55 bits per heavy atom. The topological polar surface area (TPSA) is 48.8 Å². The maximum atomic E-state index is 12.9. The van der Waals surface area contributed by atoms with E-state index in [0.717, 1.165) is 66.9 Å². The van der Waals surface area contributed by atoms with Gasteiger partial charge in [-0.15, -0.1) is 35.3 Å². The molecule has 1 aromatic carbocycles. The van der Waals surface area contributed by atoms with Crippen LogP contribution < -0.4 is 0 Å². The average Bonchev–Trinajstić information content (AvgIpc) is 3.23. The minimum atomic E-state index is 0.286. The van der Waals surface area contributed by atoms with Crippen LogP contribution in [-0.2, 0) is 17.6 Å². The van der Waals surface area contributed by atoms with Gasteiger partial charge in [-0.2, -0.15) is 0 Å². The van der Waals surface area contributed by atoms with Crippen molar-refractivity contribution in [3.63, 3.8) is 0 Å². The Morgan fingerprint density at radius 2 is 1.82 bits per heavy atom. The molecule has 1 aromatic heterocycles. The summed E-state index contributed by atoms with van der Waals surface area (Å²) in [5.41, 5.74) is 4.58. The SMILES string of the molecule is CSc1cc(C)nc(SC)c1CC(=O)CN1CCN(CCSC2=Nc3ccccc3C2)CC1. The number of para-hydroxylation sites is 1. The van der Waals surface area contributed by atoms with Crippen molar-refractivity contribution in [2.45, 2.75) is 29.7 Å². The molecule has 0 saturated carbocycles. The number of aryl methyl sites for hydroxylation is 1. The first-order chi connectivity index (χ1) is 16.1. The monoisotopic (exact) mass is 500 g/mol. The van der Waals surface area contributed by atoms with Gasteiger partial charge >= 0.3 is 0 Å².